The molecular weight excluding hydrogens is 513 g/mol. The number of benzene rings is 3. The molecule has 0 amide bonds. The number of unbranched alkanes of at least 4 members (excludes halogenated alkanes) is 5. The summed E-state index contributed by atoms with van der Waals surface area (Å²) in [5.74, 6) is 0.317. The highest BCUT2D eigenvalue weighted by atomic mass is 28.3. The number of aromatic nitrogens is 1. The van der Waals surface area contributed by atoms with Crippen molar-refractivity contribution in [3.8, 4) is 22.8 Å². The molecule has 0 unspecified atom stereocenters. The fourth-order valence-electron chi connectivity index (χ4n) is 4.60. The second kappa shape index (κ2) is 14.3. The fraction of sp³-hybridized carbons (Fsp3) is 0.343. The molecule has 0 saturated carbocycles. The number of ether oxygens (including phenoxy) is 1. The summed E-state index contributed by atoms with van der Waals surface area (Å²) in [5.41, 5.74) is 2.37. The van der Waals surface area contributed by atoms with E-state index in [9.17, 15) is 0 Å². The molecule has 0 spiro atoms. The van der Waals surface area contributed by atoms with Gasteiger partial charge in [-0.15, -0.1) is 0 Å². The van der Waals surface area contributed by atoms with Gasteiger partial charge in [0, 0.05) is 5.56 Å². The van der Waals surface area contributed by atoms with Crippen molar-refractivity contribution in [1.29, 1.82) is 0 Å². The zero-order valence-electron chi connectivity index (χ0n) is 24.3. The lowest BCUT2D eigenvalue weighted by Gasteiger charge is -2.24. The SMILES string of the molecule is CCCCCCCCOc1ccc(-c2ccc(C(C)(C)C)cc2O[Si](c2ccccc2)c2ccccc2)nc1F. The molecule has 0 fully saturated rings. The van der Waals surface area contributed by atoms with Crippen molar-refractivity contribution in [1.82, 2.24) is 4.98 Å². The molecule has 40 heavy (non-hydrogen) atoms. The summed E-state index contributed by atoms with van der Waals surface area (Å²) < 4.78 is 27.8. The summed E-state index contributed by atoms with van der Waals surface area (Å²) in [7, 11) is -1.63. The van der Waals surface area contributed by atoms with Crippen LogP contribution in [0, 0.1) is 5.95 Å². The van der Waals surface area contributed by atoms with Gasteiger partial charge in [-0.05, 0) is 52.0 Å². The molecule has 1 radical (unpaired) electrons. The predicted molar refractivity (Wildman–Crippen MR) is 166 cm³/mol. The Kier molecular flexibility index (Phi) is 10.5. The Balaban J connectivity index is 1.62. The van der Waals surface area contributed by atoms with Crippen molar-refractivity contribution in [2.45, 2.75) is 71.6 Å². The molecule has 3 nitrogen and oxygen atoms in total. The molecule has 0 bridgehead atoms. The number of hydrogen-bond donors (Lipinski definition) is 0. The lowest BCUT2D eigenvalue weighted by atomic mass is 9.86. The zero-order valence-corrected chi connectivity index (χ0v) is 25.3. The summed E-state index contributed by atoms with van der Waals surface area (Å²) in [6.45, 7) is 9.25. The smallest absolute Gasteiger partial charge is 0.352 e. The molecule has 0 N–H and O–H groups in total. The van der Waals surface area contributed by atoms with E-state index in [-0.39, 0.29) is 11.2 Å². The van der Waals surface area contributed by atoms with Gasteiger partial charge < -0.3 is 9.16 Å². The number of pyridine rings is 1. The van der Waals surface area contributed by atoms with Crippen LogP contribution < -0.4 is 19.5 Å². The standard InChI is InChI=1S/C35H41FNO2Si/c1-5-6-7-8-9-16-25-38-32-24-23-31(37-34(32)36)30-22-21-27(35(2,3)4)26-33(30)39-40(28-17-12-10-13-18-28)29-19-14-11-15-20-29/h10-15,17-24,26H,5-9,16,25H2,1-4H3. The second-order valence-electron chi connectivity index (χ2n) is 11.2. The maximum Gasteiger partial charge on any atom is 0.352 e. The summed E-state index contributed by atoms with van der Waals surface area (Å²) in [5, 5.41) is 2.28. The maximum atomic E-state index is 15.1. The van der Waals surface area contributed by atoms with Crippen molar-refractivity contribution in [2.24, 2.45) is 0 Å². The minimum Gasteiger partial charge on any atom is -0.532 e. The van der Waals surface area contributed by atoms with Crippen molar-refractivity contribution in [3.05, 3.63) is 103 Å². The summed E-state index contributed by atoms with van der Waals surface area (Å²) in [6, 6.07) is 30.4. The number of hydrogen-bond acceptors (Lipinski definition) is 3. The molecular formula is C35H41FNO2Si. The molecule has 1 aromatic heterocycles. The van der Waals surface area contributed by atoms with E-state index in [1.807, 2.05) is 48.5 Å². The summed E-state index contributed by atoms with van der Waals surface area (Å²) in [4.78, 5) is 4.33. The third kappa shape index (κ3) is 8.04. The first kappa shape index (κ1) is 29.5. The third-order valence-electron chi connectivity index (χ3n) is 6.98. The lowest BCUT2D eigenvalue weighted by molar-refractivity contribution is 0.286. The zero-order chi connectivity index (χ0) is 28.4. The van der Waals surface area contributed by atoms with Crippen LogP contribution in [0.25, 0.3) is 11.3 Å². The van der Waals surface area contributed by atoms with Gasteiger partial charge in [-0.3, -0.25) is 0 Å². The van der Waals surface area contributed by atoms with Crippen LogP contribution in [0.3, 0.4) is 0 Å². The molecule has 0 saturated heterocycles. The maximum absolute atomic E-state index is 15.1. The van der Waals surface area contributed by atoms with Gasteiger partial charge >= 0.3 is 9.04 Å². The van der Waals surface area contributed by atoms with Crippen LogP contribution in [0.2, 0.25) is 0 Å². The molecule has 0 aliphatic heterocycles. The Morgan fingerprint density at radius 3 is 1.95 bits per heavy atom. The van der Waals surface area contributed by atoms with Gasteiger partial charge in [0.2, 0.25) is 0 Å². The molecule has 0 aliphatic rings. The van der Waals surface area contributed by atoms with Crippen LogP contribution in [0.5, 0.6) is 11.5 Å². The van der Waals surface area contributed by atoms with Crippen LogP contribution in [0.15, 0.2) is 91.0 Å². The monoisotopic (exact) mass is 554 g/mol. The third-order valence-corrected chi connectivity index (χ3v) is 9.12. The van der Waals surface area contributed by atoms with Crippen LogP contribution in [0.1, 0.15) is 71.8 Å². The average Bonchev–Trinajstić information content (AvgIpc) is 2.96. The highest BCUT2D eigenvalue weighted by Crippen LogP contribution is 2.35. The Morgan fingerprint density at radius 2 is 1.35 bits per heavy atom. The van der Waals surface area contributed by atoms with E-state index in [1.165, 1.54) is 25.7 Å². The molecule has 1 heterocycles. The molecule has 3 aromatic carbocycles. The molecule has 209 valence electrons. The molecule has 5 heteroatoms. The number of nitrogens with zero attached hydrogens (tertiary/aromatic N) is 1. The Morgan fingerprint density at radius 1 is 0.725 bits per heavy atom. The van der Waals surface area contributed by atoms with Gasteiger partial charge in [-0.2, -0.15) is 4.39 Å². The molecule has 4 aromatic rings. The van der Waals surface area contributed by atoms with Crippen LogP contribution in [-0.4, -0.2) is 20.6 Å². The summed E-state index contributed by atoms with van der Waals surface area (Å²) >= 11 is 0. The fourth-order valence-corrected chi connectivity index (χ4v) is 6.55. The van der Waals surface area contributed by atoms with E-state index in [2.05, 4.69) is 69.1 Å². The largest absolute Gasteiger partial charge is 0.532 e. The summed E-state index contributed by atoms with van der Waals surface area (Å²) in [6.07, 6.45) is 6.95. The second-order valence-corrected chi connectivity index (χ2v) is 13.2. The van der Waals surface area contributed by atoms with Gasteiger partial charge in [0.1, 0.15) is 5.75 Å². The van der Waals surface area contributed by atoms with Crippen molar-refractivity contribution in [2.75, 3.05) is 6.61 Å². The normalized spacial score (nSPS) is 11.6. The van der Waals surface area contributed by atoms with Gasteiger partial charge in [0.05, 0.1) is 12.3 Å². The van der Waals surface area contributed by atoms with Gasteiger partial charge in [0.15, 0.2) is 5.75 Å². The van der Waals surface area contributed by atoms with E-state index in [0.717, 1.165) is 34.3 Å². The molecule has 0 aliphatic carbocycles. The van der Waals surface area contributed by atoms with E-state index in [4.69, 9.17) is 9.16 Å². The van der Waals surface area contributed by atoms with E-state index in [0.29, 0.717) is 18.1 Å². The van der Waals surface area contributed by atoms with Crippen molar-refractivity contribution < 1.29 is 13.6 Å². The lowest BCUT2D eigenvalue weighted by Crippen LogP contribution is -2.47. The predicted octanol–water partition coefficient (Wildman–Crippen LogP) is 8.11. The first-order valence-corrected chi connectivity index (χ1v) is 15.9. The quantitative estimate of drug-likeness (QED) is 0.0950. The topological polar surface area (TPSA) is 31.4 Å². The van der Waals surface area contributed by atoms with E-state index < -0.39 is 15.0 Å². The van der Waals surface area contributed by atoms with Crippen molar-refractivity contribution >= 4 is 19.4 Å². The Bertz CT molecular complexity index is 1300. The first-order chi connectivity index (χ1) is 19.4. The van der Waals surface area contributed by atoms with Gasteiger partial charge in [-0.1, -0.05) is 127 Å². The van der Waals surface area contributed by atoms with Crippen molar-refractivity contribution in [3.63, 3.8) is 0 Å². The molecule has 4 rings (SSSR count). The van der Waals surface area contributed by atoms with Gasteiger partial charge in [0.25, 0.3) is 5.95 Å². The molecule has 0 atom stereocenters. The van der Waals surface area contributed by atoms with Gasteiger partial charge in [-0.25, -0.2) is 4.98 Å². The highest BCUT2D eigenvalue weighted by molar-refractivity contribution is 6.80. The van der Waals surface area contributed by atoms with Crippen LogP contribution >= 0.6 is 0 Å². The highest BCUT2D eigenvalue weighted by Gasteiger charge is 2.25. The van der Waals surface area contributed by atoms with Crippen LogP contribution in [-0.2, 0) is 5.41 Å². The number of rotatable bonds is 13. The minimum atomic E-state index is -1.63. The van der Waals surface area contributed by atoms with E-state index >= 15 is 4.39 Å². The van der Waals surface area contributed by atoms with E-state index in [1.54, 1.807) is 6.07 Å². The number of halogens is 1. The van der Waals surface area contributed by atoms with Crippen LogP contribution in [0.4, 0.5) is 4.39 Å². The Hall–Kier alpha value is -3.44. The minimum absolute atomic E-state index is 0.0735. The average molecular weight is 555 g/mol. The first-order valence-electron chi connectivity index (χ1n) is 14.5. The Labute approximate surface area is 241 Å².